The summed E-state index contributed by atoms with van der Waals surface area (Å²) in [6.45, 7) is 4.22. The molecular formula is C20H24FN3O2. The number of nitrogens with zero attached hydrogens (tertiary/aromatic N) is 2. The zero-order chi connectivity index (χ0) is 18.8. The molecule has 26 heavy (non-hydrogen) atoms. The Kier molecular flexibility index (Phi) is 5.23. The van der Waals surface area contributed by atoms with Gasteiger partial charge in [0.15, 0.2) is 5.78 Å². The van der Waals surface area contributed by atoms with E-state index < -0.39 is 5.82 Å². The molecule has 0 spiro atoms. The van der Waals surface area contributed by atoms with Crippen LogP contribution in [0.25, 0.3) is 0 Å². The highest BCUT2D eigenvalue weighted by Crippen LogP contribution is 2.38. The number of carbonyl (C=O) groups excluding carboxylic acids is 2. The number of hydrogen-bond donors (Lipinski definition) is 1. The van der Waals surface area contributed by atoms with E-state index in [1.165, 1.54) is 31.0 Å². The second-order valence-corrected chi connectivity index (χ2v) is 7.04. The number of hydrogen-bond acceptors (Lipinski definition) is 3. The topological polar surface area (TPSA) is 54.3 Å². The van der Waals surface area contributed by atoms with Crippen molar-refractivity contribution in [2.45, 2.75) is 32.7 Å². The Bertz CT molecular complexity index is 840. The van der Waals surface area contributed by atoms with E-state index in [0.717, 1.165) is 17.0 Å². The lowest BCUT2D eigenvalue weighted by atomic mass is 10.1. The van der Waals surface area contributed by atoms with Gasteiger partial charge in [0.05, 0.1) is 13.1 Å². The maximum Gasteiger partial charge on any atom is 0.238 e. The molecule has 3 rings (SSSR count). The summed E-state index contributed by atoms with van der Waals surface area (Å²) in [5, 5.41) is 2.64. The molecule has 1 aliphatic carbocycles. The summed E-state index contributed by atoms with van der Waals surface area (Å²) in [4.78, 5) is 26.4. The Morgan fingerprint density at radius 2 is 1.96 bits per heavy atom. The Balaban J connectivity index is 1.57. The smallest absolute Gasteiger partial charge is 0.238 e. The maximum atomic E-state index is 13.2. The molecule has 1 aromatic carbocycles. The van der Waals surface area contributed by atoms with E-state index in [9.17, 15) is 14.0 Å². The van der Waals surface area contributed by atoms with Crippen molar-refractivity contribution in [1.82, 2.24) is 9.47 Å². The first-order valence-corrected chi connectivity index (χ1v) is 8.80. The predicted molar refractivity (Wildman–Crippen MR) is 99.0 cm³/mol. The van der Waals surface area contributed by atoms with E-state index in [1.54, 1.807) is 18.0 Å². The van der Waals surface area contributed by atoms with Crippen LogP contribution in [0.2, 0.25) is 0 Å². The number of Topliss-reactive ketones (excluding diaryl/α,β-unsaturated/α-hetero) is 1. The fourth-order valence-electron chi connectivity index (χ4n) is 3.35. The highest BCUT2D eigenvalue weighted by Gasteiger charge is 2.28. The summed E-state index contributed by atoms with van der Waals surface area (Å²) in [6.07, 6.45) is 2.34. The Hall–Kier alpha value is -2.47. The van der Waals surface area contributed by atoms with E-state index in [0.29, 0.717) is 11.7 Å². The van der Waals surface area contributed by atoms with Gasteiger partial charge in [-0.15, -0.1) is 0 Å². The van der Waals surface area contributed by atoms with Crippen LogP contribution in [0.4, 0.5) is 10.1 Å². The minimum atomic E-state index is -0.405. The zero-order valence-corrected chi connectivity index (χ0v) is 15.4. The van der Waals surface area contributed by atoms with Crippen LogP contribution in [0.1, 0.15) is 40.6 Å². The predicted octanol–water partition coefficient (Wildman–Crippen LogP) is 3.33. The Morgan fingerprint density at radius 3 is 2.62 bits per heavy atom. The van der Waals surface area contributed by atoms with Crippen molar-refractivity contribution in [2.75, 3.05) is 25.5 Å². The normalized spacial score (nSPS) is 13.9. The number of nitrogens with one attached hydrogen (secondary N) is 1. The van der Waals surface area contributed by atoms with Crippen molar-refractivity contribution in [1.29, 1.82) is 0 Å². The first kappa shape index (κ1) is 18.3. The number of halogens is 1. The molecule has 0 unspecified atom stereocenters. The molecule has 1 saturated carbocycles. The number of aryl methyl sites for hydroxylation is 1. The van der Waals surface area contributed by atoms with Gasteiger partial charge in [0.25, 0.3) is 0 Å². The second-order valence-electron chi connectivity index (χ2n) is 7.04. The van der Waals surface area contributed by atoms with Gasteiger partial charge >= 0.3 is 0 Å². The third kappa shape index (κ3) is 4.19. The van der Waals surface area contributed by atoms with Gasteiger partial charge in [-0.05, 0) is 58.0 Å². The molecule has 138 valence electrons. The van der Waals surface area contributed by atoms with Crippen molar-refractivity contribution >= 4 is 17.4 Å². The summed E-state index contributed by atoms with van der Waals surface area (Å²) in [5.41, 5.74) is 3.25. The fourth-order valence-corrected chi connectivity index (χ4v) is 3.35. The number of amides is 1. The van der Waals surface area contributed by atoms with Gasteiger partial charge in [0.2, 0.25) is 5.91 Å². The van der Waals surface area contributed by atoms with E-state index in [1.807, 2.05) is 19.9 Å². The summed E-state index contributed by atoms with van der Waals surface area (Å²) in [7, 11) is 1.73. The van der Waals surface area contributed by atoms with Crippen LogP contribution in [-0.4, -0.2) is 41.3 Å². The number of anilines is 1. The monoisotopic (exact) mass is 357 g/mol. The first-order chi connectivity index (χ1) is 12.3. The number of ketones is 1. The van der Waals surface area contributed by atoms with Gasteiger partial charge in [-0.2, -0.15) is 0 Å². The molecular weight excluding hydrogens is 333 g/mol. The molecule has 6 heteroatoms. The molecule has 1 N–H and O–H groups in total. The minimum absolute atomic E-state index is 0.00561. The number of rotatable bonds is 7. The highest BCUT2D eigenvalue weighted by molar-refractivity contribution is 5.99. The lowest BCUT2D eigenvalue weighted by Gasteiger charge is -2.15. The highest BCUT2D eigenvalue weighted by atomic mass is 19.1. The lowest BCUT2D eigenvalue weighted by Crippen LogP contribution is -2.34. The van der Waals surface area contributed by atoms with Crippen LogP contribution >= 0.6 is 0 Å². The second kappa shape index (κ2) is 7.41. The lowest BCUT2D eigenvalue weighted by molar-refractivity contribution is -0.116. The quantitative estimate of drug-likeness (QED) is 0.774. The molecule has 0 bridgehead atoms. The van der Waals surface area contributed by atoms with Crippen molar-refractivity contribution in [3.05, 3.63) is 53.1 Å². The standard InChI is InChI=1S/C20H24FN3O2/c1-13-9-18(14(2)24(13)17-7-8-17)19(25)11-23(3)12-20(26)22-16-6-4-5-15(21)10-16/h4-6,9-10,17H,7-8,11-12H2,1-3H3,(H,22,26). The van der Waals surface area contributed by atoms with Crippen LogP contribution in [0.5, 0.6) is 0 Å². The largest absolute Gasteiger partial charge is 0.345 e. The average Bonchev–Trinajstić information content (AvgIpc) is 3.32. The van der Waals surface area contributed by atoms with Crippen molar-refractivity contribution in [3.63, 3.8) is 0 Å². The molecule has 0 radical (unpaired) electrons. The van der Waals surface area contributed by atoms with Crippen molar-refractivity contribution in [3.8, 4) is 0 Å². The molecule has 0 aliphatic heterocycles. The number of carbonyl (C=O) groups is 2. The van der Waals surface area contributed by atoms with Crippen molar-refractivity contribution < 1.29 is 14.0 Å². The van der Waals surface area contributed by atoms with E-state index in [2.05, 4.69) is 9.88 Å². The zero-order valence-electron chi connectivity index (χ0n) is 15.4. The molecule has 1 amide bonds. The fraction of sp³-hybridized carbons (Fsp3) is 0.400. The van der Waals surface area contributed by atoms with Gasteiger partial charge in [-0.1, -0.05) is 6.07 Å². The third-order valence-electron chi connectivity index (χ3n) is 4.63. The van der Waals surface area contributed by atoms with Crippen LogP contribution in [-0.2, 0) is 4.79 Å². The number of benzene rings is 1. The third-order valence-corrected chi connectivity index (χ3v) is 4.63. The maximum absolute atomic E-state index is 13.2. The molecule has 1 aromatic heterocycles. The summed E-state index contributed by atoms with van der Waals surface area (Å²) < 4.78 is 15.4. The molecule has 1 heterocycles. The molecule has 2 aromatic rings. The van der Waals surface area contributed by atoms with E-state index in [-0.39, 0.29) is 24.8 Å². The van der Waals surface area contributed by atoms with Gasteiger partial charge in [0, 0.05) is 28.7 Å². The summed E-state index contributed by atoms with van der Waals surface area (Å²) >= 11 is 0. The Morgan fingerprint density at radius 1 is 1.23 bits per heavy atom. The molecule has 5 nitrogen and oxygen atoms in total. The van der Waals surface area contributed by atoms with Gasteiger partial charge in [0.1, 0.15) is 5.82 Å². The van der Waals surface area contributed by atoms with Gasteiger partial charge in [-0.25, -0.2) is 4.39 Å². The number of aromatic nitrogens is 1. The van der Waals surface area contributed by atoms with Crippen molar-refractivity contribution in [2.24, 2.45) is 0 Å². The van der Waals surface area contributed by atoms with Gasteiger partial charge in [-0.3, -0.25) is 14.5 Å². The van der Waals surface area contributed by atoms with Crippen LogP contribution in [0.3, 0.4) is 0 Å². The van der Waals surface area contributed by atoms with Crippen LogP contribution in [0.15, 0.2) is 30.3 Å². The van der Waals surface area contributed by atoms with Crippen LogP contribution in [0, 0.1) is 19.7 Å². The van der Waals surface area contributed by atoms with E-state index >= 15 is 0 Å². The molecule has 1 aliphatic rings. The molecule has 0 saturated heterocycles. The molecule has 1 fully saturated rings. The number of likely N-dealkylation sites (N-methyl/N-ethyl adjacent to an activating group) is 1. The van der Waals surface area contributed by atoms with Gasteiger partial charge < -0.3 is 9.88 Å². The Labute approximate surface area is 152 Å². The summed E-state index contributed by atoms with van der Waals surface area (Å²) in [6, 6.07) is 8.21. The minimum Gasteiger partial charge on any atom is -0.345 e. The molecule has 0 atom stereocenters. The SMILES string of the molecule is Cc1cc(C(=O)CN(C)CC(=O)Nc2cccc(F)c2)c(C)n1C1CC1. The average molecular weight is 357 g/mol. The van der Waals surface area contributed by atoms with Crippen LogP contribution < -0.4 is 5.32 Å². The summed E-state index contributed by atoms with van der Waals surface area (Å²) in [5.74, 6) is -0.683. The van der Waals surface area contributed by atoms with E-state index in [4.69, 9.17) is 0 Å². The first-order valence-electron chi connectivity index (χ1n) is 8.80.